The Hall–Kier alpha value is -2.45. The summed E-state index contributed by atoms with van der Waals surface area (Å²) >= 11 is 5.81. The lowest BCUT2D eigenvalue weighted by atomic mass is 9.93. The SMILES string of the molecule is CCCCNc1ncc(C(=O)NCc2ccc(Cl)nc2)c(NC2CCC(O)CC2)n1. The number of rotatable bonds is 9. The molecular weight excluding hydrogens is 404 g/mol. The third-order valence-corrected chi connectivity index (χ3v) is 5.35. The van der Waals surface area contributed by atoms with Crippen LogP contribution in [0.15, 0.2) is 24.5 Å². The molecular formula is C21H29ClN6O2. The Kier molecular flexibility index (Phi) is 8.21. The zero-order chi connectivity index (χ0) is 21.3. The number of aliphatic hydroxyl groups is 1. The van der Waals surface area contributed by atoms with Crippen LogP contribution in [-0.2, 0) is 6.54 Å². The lowest BCUT2D eigenvalue weighted by molar-refractivity contribution is 0.0950. The van der Waals surface area contributed by atoms with Gasteiger partial charge < -0.3 is 21.1 Å². The largest absolute Gasteiger partial charge is 0.393 e. The highest BCUT2D eigenvalue weighted by Crippen LogP contribution is 2.24. The number of pyridine rings is 1. The fourth-order valence-corrected chi connectivity index (χ4v) is 3.43. The van der Waals surface area contributed by atoms with Crippen molar-refractivity contribution >= 4 is 29.3 Å². The van der Waals surface area contributed by atoms with Crippen molar-refractivity contribution in [2.45, 2.75) is 64.1 Å². The van der Waals surface area contributed by atoms with Gasteiger partial charge in [0.25, 0.3) is 5.91 Å². The summed E-state index contributed by atoms with van der Waals surface area (Å²) in [5, 5.41) is 19.7. The zero-order valence-electron chi connectivity index (χ0n) is 17.2. The van der Waals surface area contributed by atoms with E-state index >= 15 is 0 Å². The predicted molar refractivity (Wildman–Crippen MR) is 118 cm³/mol. The number of hydrogen-bond acceptors (Lipinski definition) is 7. The molecule has 9 heteroatoms. The molecule has 0 aromatic carbocycles. The van der Waals surface area contributed by atoms with Crippen molar-refractivity contribution in [3.05, 3.63) is 40.8 Å². The minimum Gasteiger partial charge on any atom is -0.393 e. The fourth-order valence-electron chi connectivity index (χ4n) is 3.32. The Bertz CT molecular complexity index is 825. The quantitative estimate of drug-likeness (QED) is 0.355. The van der Waals surface area contributed by atoms with E-state index in [0.717, 1.165) is 50.6 Å². The average molecular weight is 433 g/mol. The van der Waals surface area contributed by atoms with Gasteiger partial charge in [-0.05, 0) is 43.7 Å². The van der Waals surface area contributed by atoms with E-state index in [1.165, 1.54) is 0 Å². The van der Waals surface area contributed by atoms with Crippen LogP contribution in [0.2, 0.25) is 5.15 Å². The Morgan fingerprint density at radius 2 is 2.00 bits per heavy atom. The molecule has 1 amide bonds. The number of nitrogens with zero attached hydrogens (tertiary/aromatic N) is 3. The van der Waals surface area contributed by atoms with E-state index in [9.17, 15) is 9.90 Å². The monoisotopic (exact) mass is 432 g/mol. The Morgan fingerprint density at radius 3 is 2.70 bits per heavy atom. The molecule has 4 N–H and O–H groups in total. The van der Waals surface area contributed by atoms with Crippen LogP contribution in [0.25, 0.3) is 0 Å². The highest BCUT2D eigenvalue weighted by Gasteiger charge is 2.22. The maximum atomic E-state index is 12.8. The third kappa shape index (κ3) is 6.53. The first-order valence-electron chi connectivity index (χ1n) is 10.5. The van der Waals surface area contributed by atoms with Crippen LogP contribution >= 0.6 is 11.6 Å². The number of amides is 1. The molecule has 0 radical (unpaired) electrons. The molecule has 2 aromatic rings. The summed E-state index contributed by atoms with van der Waals surface area (Å²) in [5.41, 5.74) is 1.24. The Labute approximate surface area is 181 Å². The van der Waals surface area contributed by atoms with Gasteiger partial charge in [0.2, 0.25) is 5.95 Å². The van der Waals surface area contributed by atoms with Crippen molar-refractivity contribution in [1.82, 2.24) is 20.3 Å². The first-order valence-corrected chi connectivity index (χ1v) is 10.9. The number of carbonyl (C=O) groups is 1. The van der Waals surface area contributed by atoms with Gasteiger partial charge in [-0.25, -0.2) is 9.97 Å². The molecule has 30 heavy (non-hydrogen) atoms. The average Bonchev–Trinajstić information content (AvgIpc) is 2.75. The number of carbonyl (C=O) groups excluding carboxylic acids is 1. The van der Waals surface area contributed by atoms with E-state index in [1.54, 1.807) is 18.5 Å². The number of nitrogens with one attached hydrogen (secondary N) is 3. The van der Waals surface area contributed by atoms with Crippen LogP contribution in [0.1, 0.15) is 61.4 Å². The Morgan fingerprint density at radius 1 is 1.20 bits per heavy atom. The molecule has 0 saturated heterocycles. The number of unbranched alkanes of at least 4 members (excludes halogenated alkanes) is 1. The van der Waals surface area contributed by atoms with Crippen molar-refractivity contribution in [3.63, 3.8) is 0 Å². The molecule has 1 fully saturated rings. The second kappa shape index (κ2) is 11.1. The first-order chi connectivity index (χ1) is 14.5. The molecule has 3 rings (SSSR count). The normalized spacial score (nSPS) is 18.6. The molecule has 0 atom stereocenters. The summed E-state index contributed by atoms with van der Waals surface area (Å²) in [6, 6.07) is 3.67. The minimum atomic E-state index is -0.261. The summed E-state index contributed by atoms with van der Waals surface area (Å²) in [4.78, 5) is 25.7. The Balaban J connectivity index is 1.71. The second-order valence-corrected chi connectivity index (χ2v) is 7.95. The number of anilines is 2. The molecule has 2 heterocycles. The van der Waals surface area contributed by atoms with E-state index in [1.807, 2.05) is 6.07 Å². The van der Waals surface area contributed by atoms with Gasteiger partial charge in [-0.1, -0.05) is 31.0 Å². The summed E-state index contributed by atoms with van der Waals surface area (Å²) in [5.74, 6) is 0.751. The number of aliphatic hydroxyl groups excluding tert-OH is 1. The first kappa shape index (κ1) is 22.2. The van der Waals surface area contributed by atoms with E-state index in [4.69, 9.17) is 11.6 Å². The molecule has 0 bridgehead atoms. The summed E-state index contributed by atoms with van der Waals surface area (Å²) in [6.07, 6.45) is 8.19. The number of aromatic nitrogens is 3. The molecule has 0 aliphatic heterocycles. The molecule has 1 saturated carbocycles. The van der Waals surface area contributed by atoms with Crippen LogP contribution < -0.4 is 16.0 Å². The van der Waals surface area contributed by atoms with Gasteiger partial charge in [-0.2, -0.15) is 4.98 Å². The summed E-state index contributed by atoms with van der Waals surface area (Å²) in [7, 11) is 0. The lowest BCUT2D eigenvalue weighted by Gasteiger charge is -2.27. The molecule has 1 aliphatic rings. The van der Waals surface area contributed by atoms with Crippen LogP contribution in [-0.4, -0.2) is 44.7 Å². The highest BCUT2D eigenvalue weighted by atomic mass is 35.5. The molecule has 1 aliphatic carbocycles. The standard InChI is InChI=1S/C21H29ClN6O2/c1-2-3-10-23-21-26-13-17(19(28-21)27-15-5-7-16(29)8-6-15)20(30)25-12-14-4-9-18(22)24-11-14/h4,9,11,13,15-16,29H,2-3,5-8,10,12H2,1H3,(H,25,30)(H2,23,26,27,28). The van der Waals surface area contributed by atoms with Crippen molar-refractivity contribution in [1.29, 1.82) is 0 Å². The van der Waals surface area contributed by atoms with Gasteiger partial charge in [-0.15, -0.1) is 0 Å². The molecule has 2 aromatic heterocycles. The van der Waals surface area contributed by atoms with Crippen LogP contribution in [0.3, 0.4) is 0 Å². The van der Waals surface area contributed by atoms with Gasteiger partial charge in [0.05, 0.1) is 6.10 Å². The van der Waals surface area contributed by atoms with Gasteiger partial charge in [0, 0.05) is 31.5 Å². The highest BCUT2D eigenvalue weighted by molar-refractivity contribution is 6.29. The van der Waals surface area contributed by atoms with Crippen molar-refractivity contribution in [2.75, 3.05) is 17.2 Å². The summed E-state index contributed by atoms with van der Waals surface area (Å²) < 4.78 is 0. The van der Waals surface area contributed by atoms with Gasteiger partial charge in [0.15, 0.2) is 0 Å². The lowest BCUT2D eigenvalue weighted by Crippen LogP contribution is -2.31. The molecule has 0 spiro atoms. The topological polar surface area (TPSA) is 112 Å². The fraction of sp³-hybridized carbons (Fsp3) is 0.524. The molecule has 162 valence electrons. The predicted octanol–water partition coefficient (Wildman–Crippen LogP) is 3.38. The van der Waals surface area contributed by atoms with Gasteiger partial charge >= 0.3 is 0 Å². The van der Waals surface area contributed by atoms with Crippen molar-refractivity contribution in [3.8, 4) is 0 Å². The maximum absolute atomic E-state index is 12.8. The van der Waals surface area contributed by atoms with Crippen LogP contribution in [0.4, 0.5) is 11.8 Å². The van der Waals surface area contributed by atoms with Gasteiger partial charge in [-0.3, -0.25) is 4.79 Å². The number of hydrogen-bond donors (Lipinski definition) is 4. The minimum absolute atomic E-state index is 0.166. The third-order valence-electron chi connectivity index (χ3n) is 5.13. The molecule has 8 nitrogen and oxygen atoms in total. The van der Waals surface area contributed by atoms with Crippen molar-refractivity contribution in [2.24, 2.45) is 0 Å². The molecule has 0 unspecified atom stereocenters. The number of halogens is 1. The smallest absolute Gasteiger partial charge is 0.256 e. The van der Waals surface area contributed by atoms with E-state index < -0.39 is 0 Å². The second-order valence-electron chi connectivity index (χ2n) is 7.56. The summed E-state index contributed by atoms with van der Waals surface area (Å²) in [6.45, 7) is 3.23. The van der Waals surface area contributed by atoms with E-state index in [2.05, 4.69) is 37.8 Å². The van der Waals surface area contributed by atoms with Gasteiger partial charge in [0.1, 0.15) is 16.5 Å². The van der Waals surface area contributed by atoms with E-state index in [-0.39, 0.29) is 18.1 Å². The maximum Gasteiger partial charge on any atom is 0.256 e. The van der Waals surface area contributed by atoms with Crippen LogP contribution in [0.5, 0.6) is 0 Å². The zero-order valence-corrected chi connectivity index (χ0v) is 18.0. The van der Waals surface area contributed by atoms with Crippen LogP contribution in [0, 0.1) is 0 Å². The van der Waals surface area contributed by atoms with E-state index in [0.29, 0.717) is 29.0 Å². The van der Waals surface area contributed by atoms with Crippen molar-refractivity contribution < 1.29 is 9.90 Å².